The molecule has 0 radical (unpaired) electrons. The Bertz CT molecular complexity index is 1430. The molecule has 3 aromatic carbocycles. The number of nitrogens with zero attached hydrogens (tertiary/aromatic N) is 2. The Balaban J connectivity index is 1.13. The Hall–Kier alpha value is -4.42. The van der Waals surface area contributed by atoms with Gasteiger partial charge >= 0.3 is 0 Å². The standard InChI is InChI=1S/C33H33N3O3/c1-2-35-19-3-4-31(35)33(39)23-25-7-13-28(14-8-25)34-27-11-5-24(6-12-27)22-32(38)26-9-15-29(16-10-26)36-20-17-30(37)18-21-36/h2-16,19,30,34,37H,1,17-18,20-23H2. The maximum absolute atomic E-state index is 12.8. The van der Waals surface area contributed by atoms with Crippen molar-refractivity contribution < 1.29 is 14.7 Å². The fourth-order valence-electron chi connectivity index (χ4n) is 4.91. The van der Waals surface area contributed by atoms with Crippen LogP contribution in [0.5, 0.6) is 0 Å². The van der Waals surface area contributed by atoms with Crippen molar-refractivity contribution in [1.82, 2.24) is 4.57 Å². The Labute approximate surface area is 229 Å². The van der Waals surface area contributed by atoms with Crippen LogP contribution in [0.15, 0.2) is 97.7 Å². The number of hydrogen-bond acceptors (Lipinski definition) is 5. The molecule has 2 N–H and O–H groups in total. The zero-order valence-electron chi connectivity index (χ0n) is 21.9. The van der Waals surface area contributed by atoms with Crippen LogP contribution >= 0.6 is 0 Å². The molecule has 0 atom stereocenters. The van der Waals surface area contributed by atoms with Crippen molar-refractivity contribution in [3.8, 4) is 0 Å². The molecule has 4 aromatic rings. The summed E-state index contributed by atoms with van der Waals surface area (Å²) in [5.41, 5.74) is 6.17. The first kappa shape index (κ1) is 26.2. The SMILES string of the molecule is C=Cn1cccc1C(=O)Cc1ccc(Nc2ccc(CC(=O)c3ccc(N4CCC(O)CC4)cc3)cc2)cc1. The van der Waals surface area contributed by atoms with E-state index < -0.39 is 0 Å². The molecule has 1 aliphatic rings. The summed E-state index contributed by atoms with van der Waals surface area (Å²) >= 11 is 0. The average Bonchev–Trinajstić information content (AvgIpc) is 3.45. The second-order valence-corrected chi connectivity index (χ2v) is 9.97. The number of rotatable bonds is 10. The largest absolute Gasteiger partial charge is 0.393 e. The molecule has 0 bridgehead atoms. The fourth-order valence-corrected chi connectivity index (χ4v) is 4.91. The fraction of sp³-hybridized carbons (Fsp3) is 0.212. The average molecular weight is 520 g/mol. The number of anilines is 3. The molecule has 2 heterocycles. The van der Waals surface area contributed by atoms with Crippen molar-refractivity contribution in [2.24, 2.45) is 0 Å². The molecule has 0 spiro atoms. The second-order valence-electron chi connectivity index (χ2n) is 9.97. The van der Waals surface area contributed by atoms with Crippen molar-refractivity contribution in [1.29, 1.82) is 0 Å². The summed E-state index contributed by atoms with van der Waals surface area (Å²) < 4.78 is 1.73. The number of nitrogens with one attached hydrogen (secondary N) is 1. The van der Waals surface area contributed by atoms with Crippen molar-refractivity contribution >= 4 is 34.8 Å². The van der Waals surface area contributed by atoms with E-state index in [1.54, 1.807) is 16.8 Å². The van der Waals surface area contributed by atoms with Crippen molar-refractivity contribution in [3.63, 3.8) is 0 Å². The minimum absolute atomic E-state index is 0.0458. The van der Waals surface area contributed by atoms with Gasteiger partial charge in [-0.05, 0) is 84.6 Å². The third kappa shape index (κ3) is 6.54. The van der Waals surface area contributed by atoms with Crippen LogP contribution in [0.3, 0.4) is 0 Å². The van der Waals surface area contributed by atoms with Crippen molar-refractivity contribution in [3.05, 3.63) is 120 Å². The highest BCUT2D eigenvalue weighted by molar-refractivity contribution is 5.98. The highest BCUT2D eigenvalue weighted by atomic mass is 16.3. The minimum atomic E-state index is -0.201. The molecule has 5 rings (SSSR count). The normalized spacial score (nSPS) is 13.7. The van der Waals surface area contributed by atoms with E-state index in [1.807, 2.05) is 85.1 Å². The number of Topliss-reactive ketones (excluding diaryl/α,β-unsaturated/α-hetero) is 2. The quantitative estimate of drug-likeness (QED) is 0.246. The summed E-state index contributed by atoms with van der Waals surface area (Å²) in [4.78, 5) is 27.7. The summed E-state index contributed by atoms with van der Waals surface area (Å²) in [7, 11) is 0. The number of carbonyl (C=O) groups excluding carboxylic acids is 2. The number of piperidine rings is 1. The number of aliphatic hydroxyl groups is 1. The molecule has 0 aliphatic carbocycles. The van der Waals surface area contributed by atoms with Crippen LogP contribution in [-0.4, -0.2) is 40.4 Å². The molecule has 0 amide bonds. The van der Waals surface area contributed by atoms with Crippen molar-refractivity contribution in [2.75, 3.05) is 23.3 Å². The first-order valence-corrected chi connectivity index (χ1v) is 13.3. The first-order valence-electron chi connectivity index (χ1n) is 13.3. The van der Waals surface area contributed by atoms with Gasteiger partial charge in [-0.1, -0.05) is 30.8 Å². The van der Waals surface area contributed by atoms with Crippen LogP contribution in [0.4, 0.5) is 17.1 Å². The lowest BCUT2D eigenvalue weighted by atomic mass is 10.0. The van der Waals surface area contributed by atoms with E-state index in [9.17, 15) is 14.7 Å². The predicted molar refractivity (Wildman–Crippen MR) is 157 cm³/mol. The maximum atomic E-state index is 12.8. The van der Waals surface area contributed by atoms with Gasteiger partial charge in [0.1, 0.15) is 0 Å². The van der Waals surface area contributed by atoms with Gasteiger partial charge < -0.3 is 19.9 Å². The third-order valence-electron chi connectivity index (χ3n) is 7.21. The van der Waals surface area contributed by atoms with E-state index in [0.29, 0.717) is 24.1 Å². The van der Waals surface area contributed by atoms with Gasteiger partial charge in [-0.2, -0.15) is 0 Å². The summed E-state index contributed by atoms with van der Waals surface area (Å²) in [6.45, 7) is 5.41. The van der Waals surface area contributed by atoms with Crippen molar-refractivity contribution in [2.45, 2.75) is 31.8 Å². The zero-order valence-corrected chi connectivity index (χ0v) is 21.9. The van der Waals surface area contributed by atoms with E-state index in [2.05, 4.69) is 16.8 Å². The third-order valence-corrected chi connectivity index (χ3v) is 7.21. The maximum Gasteiger partial charge on any atom is 0.183 e. The van der Waals surface area contributed by atoms with Gasteiger partial charge in [-0.15, -0.1) is 0 Å². The summed E-state index contributed by atoms with van der Waals surface area (Å²) in [5.74, 6) is 0.131. The first-order chi connectivity index (χ1) is 19.0. The van der Waals surface area contributed by atoms with Crippen LogP contribution < -0.4 is 10.2 Å². The van der Waals surface area contributed by atoms with Gasteiger partial charge in [0.25, 0.3) is 0 Å². The summed E-state index contributed by atoms with van der Waals surface area (Å²) in [6, 6.07) is 27.1. The predicted octanol–water partition coefficient (Wildman–Crippen LogP) is 6.14. The van der Waals surface area contributed by atoms with Gasteiger partial charge in [0.05, 0.1) is 11.8 Å². The molecule has 1 saturated heterocycles. The lowest BCUT2D eigenvalue weighted by molar-refractivity contribution is 0.0981. The number of aromatic nitrogens is 1. The van der Waals surface area contributed by atoms with Crippen LogP contribution in [0, 0.1) is 0 Å². The molecule has 198 valence electrons. The van der Waals surface area contributed by atoms with Crippen LogP contribution in [-0.2, 0) is 12.8 Å². The molecule has 1 aromatic heterocycles. The topological polar surface area (TPSA) is 74.6 Å². The number of benzene rings is 3. The number of carbonyl (C=O) groups is 2. The minimum Gasteiger partial charge on any atom is -0.393 e. The number of aliphatic hydroxyl groups excluding tert-OH is 1. The Morgan fingerprint density at radius 2 is 1.38 bits per heavy atom. The Morgan fingerprint density at radius 1 is 0.821 bits per heavy atom. The summed E-state index contributed by atoms with van der Waals surface area (Å²) in [6.07, 6.45) is 5.47. The van der Waals surface area contributed by atoms with Crippen LogP contribution in [0.2, 0.25) is 0 Å². The van der Waals surface area contributed by atoms with Gasteiger partial charge in [0.15, 0.2) is 11.6 Å². The molecule has 0 saturated carbocycles. The lowest BCUT2D eigenvalue weighted by Gasteiger charge is -2.31. The molecule has 1 fully saturated rings. The Morgan fingerprint density at radius 3 is 1.95 bits per heavy atom. The molecule has 39 heavy (non-hydrogen) atoms. The van der Waals surface area contributed by atoms with E-state index >= 15 is 0 Å². The van der Waals surface area contributed by atoms with Gasteiger partial charge in [0.2, 0.25) is 0 Å². The number of ketones is 2. The van der Waals surface area contributed by atoms with Crippen LogP contribution in [0.1, 0.15) is 44.8 Å². The second kappa shape index (κ2) is 12.0. The molecule has 0 unspecified atom stereocenters. The van der Waals surface area contributed by atoms with E-state index in [0.717, 1.165) is 54.1 Å². The molecule has 6 heteroatoms. The molecular weight excluding hydrogens is 486 g/mol. The Kier molecular flexibility index (Phi) is 8.04. The lowest BCUT2D eigenvalue weighted by Crippen LogP contribution is -2.35. The highest BCUT2D eigenvalue weighted by Crippen LogP contribution is 2.22. The van der Waals surface area contributed by atoms with Gasteiger partial charge in [-0.3, -0.25) is 9.59 Å². The summed E-state index contributed by atoms with van der Waals surface area (Å²) in [5, 5.41) is 13.1. The van der Waals surface area contributed by atoms with E-state index in [4.69, 9.17) is 0 Å². The molecule has 6 nitrogen and oxygen atoms in total. The van der Waals surface area contributed by atoms with Crippen LogP contribution in [0.25, 0.3) is 6.20 Å². The van der Waals surface area contributed by atoms with Gasteiger partial charge in [-0.25, -0.2) is 0 Å². The number of hydrogen-bond donors (Lipinski definition) is 2. The zero-order chi connectivity index (χ0) is 27.2. The monoisotopic (exact) mass is 519 g/mol. The molecule has 1 aliphatic heterocycles. The van der Waals surface area contributed by atoms with E-state index in [1.165, 1.54) is 0 Å². The van der Waals surface area contributed by atoms with Gasteiger partial charge in [0, 0.05) is 61.0 Å². The smallest absolute Gasteiger partial charge is 0.183 e. The van der Waals surface area contributed by atoms with E-state index in [-0.39, 0.29) is 17.7 Å². The highest BCUT2D eigenvalue weighted by Gasteiger charge is 2.17. The molecular formula is C33H33N3O3.